The summed E-state index contributed by atoms with van der Waals surface area (Å²) in [6.07, 6.45) is 10.7. The third-order valence-electron chi connectivity index (χ3n) is 4.80. The van der Waals surface area contributed by atoms with E-state index in [-0.39, 0.29) is 0 Å². The normalized spacial score (nSPS) is 18.1. The van der Waals surface area contributed by atoms with Crippen LogP contribution in [-0.2, 0) is 12.8 Å². The van der Waals surface area contributed by atoms with Crippen molar-refractivity contribution >= 4 is 0 Å². The Morgan fingerprint density at radius 2 is 1.95 bits per heavy atom. The topological polar surface area (TPSA) is 39.9 Å². The minimum Gasteiger partial charge on any atom is -0.463 e. The number of hydrogen-bond donors (Lipinski definition) is 0. The van der Waals surface area contributed by atoms with E-state index < -0.39 is 0 Å². The number of rotatable bonds is 4. The predicted octanol–water partition coefficient (Wildman–Crippen LogP) is 3.33. The van der Waals surface area contributed by atoms with Crippen molar-refractivity contribution in [2.24, 2.45) is 5.92 Å². The number of benzene rings is 1. The Morgan fingerprint density at radius 3 is 2.86 bits per heavy atom. The van der Waals surface area contributed by atoms with Gasteiger partial charge in [0.15, 0.2) is 0 Å². The SMILES string of the molecule is c1cc2c(cc1-n1cnnc1OCC1CCCC1)CCC2. The van der Waals surface area contributed by atoms with Gasteiger partial charge in [-0.1, -0.05) is 24.0 Å². The molecule has 1 saturated carbocycles. The highest BCUT2D eigenvalue weighted by atomic mass is 16.5. The van der Waals surface area contributed by atoms with Gasteiger partial charge >= 0.3 is 6.01 Å². The standard InChI is InChI=1S/C17H21N3O/c1-2-5-13(4-1)11-21-17-19-18-12-20(17)16-9-8-14-6-3-7-15(14)10-16/h8-10,12-13H,1-7,11H2. The lowest BCUT2D eigenvalue weighted by molar-refractivity contribution is 0.230. The molecule has 0 atom stereocenters. The molecular weight excluding hydrogens is 262 g/mol. The second kappa shape index (κ2) is 5.51. The number of aromatic nitrogens is 3. The summed E-state index contributed by atoms with van der Waals surface area (Å²) in [5, 5.41) is 8.16. The van der Waals surface area contributed by atoms with Gasteiger partial charge in [-0.2, -0.15) is 0 Å². The highest BCUT2D eigenvalue weighted by Crippen LogP contribution is 2.27. The van der Waals surface area contributed by atoms with Crippen molar-refractivity contribution in [2.45, 2.75) is 44.9 Å². The molecule has 0 saturated heterocycles. The van der Waals surface area contributed by atoms with Crippen LogP contribution >= 0.6 is 0 Å². The van der Waals surface area contributed by atoms with Gasteiger partial charge in [-0.3, -0.25) is 4.57 Å². The van der Waals surface area contributed by atoms with Crippen molar-refractivity contribution in [1.29, 1.82) is 0 Å². The molecule has 0 spiro atoms. The average molecular weight is 283 g/mol. The van der Waals surface area contributed by atoms with E-state index in [2.05, 4.69) is 28.4 Å². The molecule has 1 heterocycles. The van der Waals surface area contributed by atoms with Gasteiger partial charge in [0.2, 0.25) is 0 Å². The molecule has 2 aromatic rings. The highest BCUT2D eigenvalue weighted by molar-refractivity contribution is 5.43. The summed E-state index contributed by atoms with van der Waals surface area (Å²) in [4.78, 5) is 0. The summed E-state index contributed by atoms with van der Waals surface area (Å²) in [5.41, 5.74) is 4.06. The summed E-state index contributed by atoms with van der Waals surface area (Å²) in [6.45, 7) is 0.767. The molecule has 0 unspecified atom stereocenters. The van der Waals surface area contributed by atoms with E-state index in [4.69, 9.17) is 4.74 Å². The summed E-state index contributed by atoms with van der Waals surface area (Å²) in [5.74, 6) is 0.690. The van der Waals surface area contributed by atoms with E-state index in [1.54, 1.807) is 6.33 Å². The van der Waals surface area contributed by atoms with Crippen LogP contribution in [0.15, 0.2) is 24.5 Å². The molecule has 0 amide bonds. The first kappa shape index (κ1) is 12.9. The smallest absolute Gasteiger partial charge is 0.321 e. The van der Waals surface area contributed by atoms with E-state index in [1.165, 1.54) is 56.1 Å². The molecule has 4 rings (SSSR count). The fraction of sp³-hybridized carbons (Fsp3) is 0.529. The molecule has 2 aliphatic carbocycles. The Hall–Kier alpha value is -1.84. The van der Waals surface area contributed by atoms with E-state index in [1.807, 2.05) is 4.57 Å². The van der Waals surface area contributed by atoms with Gasteiger partial charge in [0.25, 0.3) is 0 Å². The summed E-state index contributed by atoms with van der Waals surface area (Å²) in [7, 11) is 0. The molecule has 0 N–H and O–H groups in total. The van der Waals surface area contributed by atoms with Gasteiger partial charge in [0, 0.05) is 0 Å². The maximum atomic E-state index is 5.92. The second-order valence-corrected chi connectivity index (χ2v) is 6.25. The van der Waals surface area contributed by atoms with Crippen LogP contribution in [0.5, 0.6) is 6.01 Å². The minimum atomic E-state index is 0.625. The van der Waals surface area contributed by atoms with Crippen molar-refractivity contribution in [3.05, 3.63) is 35.7 Å². The molecule has 110 valence electrons. The van der Waals surface area contributed by atoms with Crippen molar-refractivity contribution in [1.82, 2.24) is 14.8 Å². The Bertz CT molecular complexity index is 629. The molecule has 1 fully saturated rings. The molecule has 0 radical (unpaired) electrons. The van der Waals surface area contributed by atoms with Crippen LogP contribution in [0.3, 0.4) is 0 Å². The Labute approximate surface area is 125 Å². The summed E-state index contributed by atoms with van der Waals surface area (Å²) >= 11 is 0. The number of hydrogen-bond acceptors (Lipinski definition) is 3. The van der Waals surface area contributed by atoms with Crippen LogP contribution in [0.1, 0.15) is 43.2 Å². The lowest BCUT2D eigenvalue weighted by Crippen LogP contribution is -2.11. The fourth-order valence-electron chi connectivity index (χ4n) is 3.58. The van der Waals surface area contributed by atoms with Gasteiger partial charge < -0.3 is 4.74 Å². The molecule has 0 aliphatic heterocycles. The van der Waals surface area contributed by atoms with Crippen molar-refractivity contribution in [3.63, 3.8) is 0 Å². The Kier molecular flexibility index (Phi) is 3.37. The zero-order valence-corrected chi connectivity index (χ0v) is 12.3. The third kappa shape index (κ3) is 2.55. The van der Waals surface area contributed by atoms with Crippen LogP contribution in [0.2, 0.25) is 0 Å². The minimum absolute atomic E-state index is 0.625. The van der Waals surface area contributed by atoms with Gasteiger partial charge in [0.1, 0.15) is 6.33 Å². The zero-order chi connectivity index (χ0) is 14.1. The maximum Gasteiger partial charge on any atom is 0.321 e. The summed E-state index contributed by atoms with van der Waals surface area (Å²) < 4.78 is 7.89. The zero-order valence-electron chi connectivity index (χ0n) is 12.3. The first-order valence-electron chi connectivity index (χ1n) is 8.05. The van der Waals surface area contributed by atoms with Crippen molar-refractivity contribution < 1.29 is 4.74 Å². The monoisotopic (exact) mass is 283 g/mol. The lowest BCUT2D eigenvalue weighted by Gasteiger charge is -2.12. The first-order valence-corrected chi connectivity index (χ1v) is 8.05. The van der Waals surface area contributed by atoms with Crippen LogP contribution < -0.4 is 4.74 Å². The molecular formula is C17H21N3O. The van der Waals surface area contributed by atoms with Crippen LogP contribution in [0.25, 0.3) is 5.69 Å². The molecule has 21 heavy (non-hydrogen) atoms. The molecule has 4 nitrogen and oxygen atoms in total. The van der Waals surface area contributed by atoms with Crippen LogP contribution in [-0.4, -0.2) is 21.4 Å². The van der Waals surface area contributed by atoms with Gasteiger partial charge in [0.05, 0.1) is 12.3 Å². The average Bonchev–Trinajstić information content (AvgIpc) is 3.24. The van der Waals surface area contributed by atoms with Crippen LogP contribution in [0.4, 0.5) is 0 Å². The van der Waals surface area contributed by atoms with Gasteiger partial charge in [-0.15, -0.1) is 5.10 Å². The molecule has 1 aromatic heterocycles. The van der Waals surface area contributed by atoms with Gasteiger partial charge in [-0.25, -0.2) is 0 Å². The third-order valence-corrected chi connectivity index (χ3v) is 4.80. The predicted molar refractivity (Wildman–Crippen MR) is 80.8 cm³/mol. The van der Waals surface area contributed by atoms with Crippen LogP contribution in [0, 0.1) is 5.92 Å². The van der Waals surface area contributed by atoms with Gasteiger partial charge in [-0.05, 0) is 61.3 Å². The number of ether oxygens (including phenoxy) is 1. The second-order valence-electron chi connectivity index (χ2n) is 6.25. The number of fused-ring (bicyclic) bond motifs is 1. The molecule has 4 heteroatoms. The molecule has 1 aromatic carbocycles. The lowest BCUT2D eigenvalue weighted by atomic mass is 10.1. The van der Waals surface area contributed by atoms with E-state index in [9.17, 15) is 0 Å². The quantitative estimate of drug-likeness (QED) is 0.864. The largest absolute Gasteiger partial charge is 0.463 e. The maximum absolute atomic E-state index is 5.92. The number of aryl methyl sites for hydroxylation is 2. The highest BCUT2D eigenvalue weighted by Gasteiger charge is 2.18. The van der Waals surface area contributed by atoms with Crippen molar-refractivity contribution in [2.75, 3.05) is 6.61 Å². The van der Waals surface area contributed by atoms with E-state index in [0.29, 0.717) is 11.9 Å². The molecule has 2 aliphatic rings. The first-order chi connectivity index (χ1) is 10.4. The Balaban J connectivity index is 1.53. The summed E-state index contributed by atoms with van der Waals surface area (Å²) in [6, 6.07) is 7.27. The molecule has 0 bridgehead atoms. The fourth-order valence-corrected chi connectivity index (χ4v) is 3.58. The van der Waals surface area contributed by atoms with E-state index in [0.717, 1.165) is 12.3 Å². The van der Waals surface area contributed by atoms with E-state index >= 15 is 0 Å². The Morgan fingerprint density at radius 1 is 1.10 bits per heavy atom. The van der Waals surface area contributed by atoms with Crippen molar-refractivity contribution in [3.8, 4) is 11.7 Å². The number of nitrogens with zero attached hydrogens (tertiary/aromatic N) is 3.